The molecule has 0 radical (unpaired) electrons. The molecular weight excluding hydrogens is 390 g/mol. The third-order valence-corrected chi connectivity index (χ3v) is 6.66. The molecular formula is C28H36F2O. The first-order chi connectivity index (χ1) is 15.0. The lowest BCUT2D eigenvalue weighted by Gasteiger charge is -2.47. The molecule has 1 saturated carbocycles. The Kier molecular flexibility index (Phi) is 8.28. The summed E-state index contributed by atoms with van der Waals surface area (Å²) in [4.78, 5) is 0. The van der Waals surface area contributed by atoms with Crippen molar-refractivity contribution in [3.05, 3.63) is 66.7 Å². The molecule has 1 fully saturated rings. The second-order valence-corrected chi connectivity index (χ2v) is 8.92. The van der Waals surface area contributed by atoms with E-state index in [-0.39, 0.29) is 6.42 Å². The summed E-state index contributed by atoms with van der Waals surface area (Å²) in [6, 6.07) is 18.2. The van der Waals surface area contributed by atoms with Gasteiger partial charge in [0.05, 0.1) is 0 Å². The van der Waals surface area contributed by atoms with Crippen LogP contribution in [0.25, 0.3) is 11.1 Å². The smallest absolute Gasteiger partial charge is 0.120 e. The zero-order valence-corrected chi connectivity index (χ0v) is 19.0. The lowest BCUT2D eigenvalue weighted by atomic mass is 9.61. The molecule has 3 rings (SSSR count). The van der Waals surface area contributed by atoms with Crippen molar-refractivity contribution >= 4 is 0 Å². The van der Waals surface area contributed by atoms with Crippen LogP contribution in [0.3, 0.4) is 0 Å². The molecule has 0 aromatic heterocycles. The fraction of sp³-hybridized carbons (Fsp3) is 0.500. The second kappa shape index (κ2) is 10.9. The molecule has 2 atom stereocenters. The Labute approximate surface area is 186 Å². The van der Waals surface area contributed by atoms with Crippen molar-refractivity contribution in [2.45, 2.75) is 77.1 Å². The average Bonchev–Trinajstić information content (AvgIpc) is 2.78. The van der Waals surface area contributed by atoms with E-state index in [0.29, 0.717) is 32.3 Å². The summed E-state index contributed by atoms with van der Waals surface area (Å²) in [7, 11) is 0. The summed E-state index contributed by atoms with van der Waals surface area (Å²) in [5, 5.41) is 0. The number of ether oxygens (including phenoxy) is 1. The zero-order valence-electron chi connectivity index (χ0n) is 19.0. The Hall–Kier alpha value is -2.16. The molecule has 0 aliphatic heterocycles. The van der Waals surface area contributed by atoms with Crippen LogP contribution in [0.2, 0.25) is 0 Å². The van der Waals surface area contributed by atoms with E-state index in [9.17, 15) is 4.39 Å². The van der Waals surface area contributed by atoms with Crippen molar-refractivity contribution in [2.75, 3.05) is 6.61 Å². The first kappa shape index (κ1) is 23.5. The Morgan fingerprint density at radius 2 is 1.65 bits per heavy atom. The van der Waals surface area contributed by atoms with Gasteiger partial charge in [-0.2, -0.15) is 0 Å². The third-order valence-electron chi connectivity index (χ3n) is 6.66. The van der Waals surface area contributed by atoms with Crippen LogP contribution in [0.5, 0.6) is 5.75 Å². The van der Waals surface area contributed by atoms with Crippen LogP contribution in [-0.2, 0) is 0 Å². The molecule has 2 aromatic rings. The van der Waals surface area contributed by atoms with Gasteiger partial charge in [-0.1, -0.05) is 81.3 Å². The lowest BCUT2D eigenvalue weighted by molar-refractivity contribution is -0.0366. The van der Waals surface area contributed by atoms with Gasteiger partial charge < -0.3 is 4.74 Å². The van der Waals surface area contributed by atoms with E-state index in [1.54, 1.807) is 0 Å². The van der Waals surface area contributed by atoms with E-state index >= 15 is 4.39 Å². The second-order valence-electron chi connectivity index (χ2n) is 8.92. The Bertz CT molecular complexity index is 809. The van der Waals surface area contributed by atoms with Crippen LogP contribution in [0.4, 0.5) is 8.78 Å². The number of alkyl halides is 2. The van der Waals surface area contributed by atoms with Gasteiger partial charge in [0.2, 0.25) is 0 Å². The largest absolute Gasteiger partial charge is 0.490 e. The van der Waals surface area contributed by atoms with E-state index < -0.39 is 17.3 Å². The van der Waals surface area contributed by atoms with Gasteiger partial charge in [-0.3, -0.25) is 0 Å². The summed E-state index contributed by atoms with van der Waals surface area (Å²) in [5.74, 6) is 0.777. The van der Waals surface area contributed by atoms with Gasteiger partial charge in [-0.15, -0.1) is 0 Å². The number of hydrogen-bond donors (Lipinski definition) is 0. The molecule has 0 spiro atoms. The molecule has 0 heterocycles. The SMILES string of the molecule is CCCC(F)(CCC)[C@@]1(/C=C/COc2ccc(-c3ccccc3)cc2)CCC[C@@H](F)C1. The van der Waals surface area contributed by atoms with Crippen molar-refractivity contribution in [1.82, 2.24) is 0 Å². The first-order valence-corrected chi connectivity index (χ1v) is 11.8. The Morgan fingerprint density at radius 1 is 1.00 bits per heavy atom. The van der Waals surface area contributed by atoms with E-state index in [1.807, 2.05) is 68.5 Å². The summed E-state index contributed by atoms with van der Waals surface area (Å²) < 4.78 is 36.5. The van der Waals surface area contributed by atoms with Gasteiger partial charge in [-0.05, 0) is 61.8 Å². The van der Waals surface area contributed by atoms with Gasteiger partial charge >= 0.3 is 0 Å². The van der Waals surface area contributed by atoms with E-state index in [2.05, 4.69) is 12.1 Å². The molecule has 0 N–H and O–H groups in total. The van der Waals surface area contributed by atoms with Crippen molar-refractivity contribution in [2.24, 2.45) is 5.41 Å². The van der Waals surface area contributed by atoms with Gasteiger partial charge in [0.25, 0.3) is 0 Å². The zero-order chi connectivity index (χ0) is 22.2. The molecule has 1 aliphatic carbocycles. The lowest BCUT2D eigenvalue weighted by Crippen LogP contribution is -2.47. The minimum atomic E-state index is -1.35. The van der Waals surface area contributed by atoms with Crippen molar-refractivity contribution in [3.63, 3.8) is 0 Å². The maximum atomic E-state index is 16.2. The third kappa shape index (κ3) is 5.75. The maximum absolute atomic E-state index is 16.2. The van der Waals surface area contributed by atoms with Crippen molar-refractivity contribution in [1.29, 1.82) is 0 Å². The number of benzene rings is 2. The van der Waals surface area contributed by atoms with Crippen LogP contribution < -0.4 is 4.74 Å². The number of hydrogen-bond acceptors (Lipinski definition) is 1. The van der Waals surface area contributed by atoms with E-state index in [4.69, 9.17) is 4.74 Å². The molecule has 2 aromatic carbocycles. The quantitative estimate of drug-likeness (QED) is 0.346. The molecule has 3 heteroatoms. The number of rotatable bonds is 10. The minimum Gasteiger partial charge on any atom is -0.490 e. The van der Waals surface area contributed by atoms with Crippen LogP contribution in [0.15, 0.2) is 66.7 Å². The van der Waals surface area contributed by atoms with Gasteiger partial charge in [0.15, 0.2) is 0 Å². The van der Waals surface area contributed by atoms with Gasteiger partial charge in [0.1, 0.15) is 24.2 Å². The number of halogens is 2. The Morgan fingerprint density at radius 3 is 2.26 bits per heavy atom. The van der Waals surface area contributed by atoms with Crippen LogP contribution in [0, 0.1) is 5.41 Å². The monoisotopic (exact) mass is 426 g/mol. The maximum Gasteiger partial charge on any atom is 0.120 e. The highest BCUT2D eigenvalue weighted by Gasteiger charge is 2.51. The van der Waals surface area contributed by atoms with Crippen LogP contribution in [-0.4, -0.2) is 18.4 Å². The van der Waals surface area contributed by atoms with E-state index in [0.717, 1.165) is 30.6 Å². The van der Waals surface area contributed by atoms with Gasteiger partial charge in [-0.25, -0.2) is 8.78 Å². The fourth-order valence-electron chi connectivity index (χ4n) is 5.15. The summed E-state index contributed by atoms with van der Waals surface area (Å²) in [5.41, 5.74) is 0.229. The predicted octanol–water partition coefficient (Wildman–Crippen LogP) is 8.50. The molecule has 0 bridgehead atoms. The van der Waals surface area contributed by atoms with Crippen LogP contribution >= 0.6 is 0 Å². The average molecular weight is 427 g/mol. The molecule has 0 amide bonds. The predicted molar refractivity (Wildman–Crippen MR) is 126 cm³/mol. The molecule has 168 valence electrons. The molecule has 0 unspecified atom stereocenters. The molecule has 0 saturated heterocycles. The molecule has 1 aliphatic rings. The Balaban J connectivity index is 1.68. The first-order valence-electron chi connectivity index (χ1n) is 11.8. The summed E-state index contributed by atoms with van der Waals surface area (Å²) in [6.45, 7) is 4.39. The van der Waals surface area contributed by atoms with E-state index in [1.165, 1.54) is 5.56 Å². The fourth-order valence-corrected chi connectivity index (χ4v) is 5.15. The highest BCUT2D eigenvalue weighted by atomic mass is 19.1. The minimum absolute atomic E-state index is 0.284. The highest BCUT2D eigenvalue weighted by molar-refractivity contribution is 5.63. The van der Waals surface area contributed by atoms with Gasteiger partial charge in [0, 0.05) is 5.41 Å². The highest BCUT2D eigenvalue weighted by Crippen LogP contribution is 2.53. The number of allylic oxidation sites excluding steroid dienone is 1. The standard InChI is InChI=1S/C28H36F2O/c1-3-17-28(30,18-4-2)27(19-8-12-25(29)22-27)20-9-21-31-26-15-13-24(14-16-26)23-10-6-5-7-11-23/h5-7,9-11,13-16,20,25H,3-4,8,12,17-19,21-22H2,1-2H3/b20-9+/t25-,27-/m1/s1. The molecule has 31 heavy (non-hydrogen) atoms. The summed E-state index contributed by atoms with van der Waals surface area (Å²) >= 11 is 0. The molecule has 1 nitrogen and oxygen atoms in total. The van der Waals surface area contributed by atoms with Crippen LogP contribution in [0.1, 0.15) is 65.2 Å². The topological polar surface area (TPSA) is 9.23 Å². The summed E-state index contributed by atoms with van der Waals surface area (Å²) in [6.07, 6.45) is 7.73. The normalized spacial score (nSPS) is 22.0. The van der Waals surface area contributed by atoms with Crippen molar-refractivity contribution < 1.29 is 13.5 Å². The van der Waals surface area contributed by atoms with Crippen molar-refractivity contribution in [3.8, 4) is 16.9 Å².